The van der Waals surface area contributed by atoms with Crippen molar-refractivity contribution >= 4 is 20.4 Å². The highest BCUT2D eigenvalue weighted by Crippen LogP contribution is 2.38. The Morgan fingerprint density at radius 2 is 1.84 bits per heavy atom. The molecule has 0 amide bonds. The highest BCUT2D eigenvalue weighted by molar-refractivity contribution is 6.74. The number of carboxylic acids is 1. The second kappa shape index (κ2) is 9.16. The van der Waals surface area contributed by atoms with Gasteiger partial charge in [-0.1, -0.05) is 76.3 Å². The summed E-state index contributed by atoms with van der Waals surface area (Å²) >= 11 is 0. The first-order valence-corrected chi connectivity index (χ1v) is 11.7. The molecule has 1 N–H and O–H groups in total. The predicted octanol–water partition coefficient (Wildman–Crippen LogP) is 5.76. The lowest BCUT2D eigenvalue weighted by Crippen LogP contribution is -2.45. The molecular weight excluding hydrogens is 328 g/mol. The van der Waals surface area contributed by atoms with E-state index in [9.17, 15) is 4.79 Å². The summed E-state index contributed by atoms with van der Waals surface area (Å²) in [7, 11) is -1.93. The van der Waals surface area contributed by atoms with Crippen molar-refractivity contribution < 1.29 is 14.3 Å². The standard InChI is InChI=1S/C21H32O3Si/c1-17(15-16-18-11-8-7-9-12-18)19(13-10-14-20(22)23)24-25(5,6)21(2,3)4/h7-12,14-17,19H,13H2,1-6H3,(H,22,23). The van der Waals surface area contributed by atoms with Gasteiger partial charge in [-0.05, 0) is 36.0 Å². The molecule has 0 heterocycles. The van der Waals surface area contributed by atoms with Crippen molar-refractivity contribution in [2.45, 2.75) is 58.4 Å². The molecule has 0 aliphatic rings. The Labute approximate surface area is 153 Å². The monoisotopic (exact) mass is 360 g/mol. The van der Waals surface area contributed by atoms with Crippen LogP contribution in [0.4, 0.5) is 0 Å². The van der Waals surface area contributed by atoms with Crippen LogP contribution < -0.4 is 0 Å². The van der Waals surface area contributed by atoms with Crippen LogP contribution in [0.3, 0.4) is 0 Å². The van der Waals surface area contributed by atoms with Gasteiger partial charge in [0.2, 0.25) is 0 Å². The Morgan fingerprint density at radius 1 is 1.24 bits per heavy atom. The van der Waals surface area contributed by atoms with E-state index < -0.39 is 14.3 Å². The van der Waals surface area contributed by atoms with Crippen molar-refractivity contribution in [1.82, 2.24) is 0 Å². The third-order valence-corrected chi connectivity index (χ3v) is 9.36. The molecule has 0 aliphatic carbocycles. The summed E-state index contributed by atoms with van der Waals surface area (Å²) in [4.78, 5) is 10.8. The summed E-state index contributed by atoms with van der Waals surface area (Å²) in [5.41, 5.74) is 1.15. The van der Waals surface area contributed by atoms with Crippen LogP contribution in [0, 0.1) is 5.92 Å². The van der Waals surface area contributed by atoms with Gasteiger partial charge in [-0.3, -0.25) is 0 Å². The molecule has 2 unspecified atom stereocenters. The van der Waals surface area contributed by atoms with Gasteiger partial charge in [-0.2, -0.15) is 0 Å². The minimum atomic E-state index is -1.93. The number of hydrogen-bond acceptors (Lipinski definition) is 2. The molecule has 1 rings (SSSR count). The molecule has 1 aromatic rings. The van der Waals surface area contributed by atoms with E-state index in [2.05, 4.69) is 65.1 Å². The maximum Gasteiger partial charge on any atom is 0.327 e. The van der Waals surface area contributed by atoms with Crippen LogP contribution in [0.2, 0.25) is 18.1 Å². The Hall–Kier alpha value is -1.65. The van der Waals surface area contributed by atoms with Crippen LogP contribution in [0.1, 0.15) is 39.7 Å². The molecule has 1 aromatic carbocycles. The van der Waals surface area contributed by atoms with E-state index >= 15 is 0 Å². The van der Waals surface area contributed by atoms with Gasteiger partial charge in [0.15, 0.2) is 8.32 Å². The molecule has 4 heteroatoms. The van der Waals surface area contributed by atoms with Gasteiger partial charge in [0, 0.05) is 6.08 Å². The first-order chi connectivity index (χ1) is 11.5. The van der Waals surface area contributed by atoms with E-state index in [1.165, 1.54) is 6.08 Å². The van der Waals surface area contributed by atoms with Crippen molar-refractivity contribution in [2.24, 2.45) is 5.92 Å². The Balaban J connectivity index is 2.92. The van der Waals surface area contributed by atoms with E-state index in [1.54, 1.807) is 6.08 Å². The average molecular weight is 361 g/mol. The summed E-state index contributed by atoms with van der Waals surface area (Å²) in [6.45, 7) is 13.2. The second-order valence-corrected chi connectivity index (χ2v) is 12.8. The quantitative estimate of drug-likeness (QED) is 0.474. The maximum atomic E-state index is 10.8. The molecule has 0 saturated heterocycles. The molecule has 0 bridgehead atoms. The van der Waals surface area contributed by atoms with Crippen LogP contribution in [0.15, 0.2) is 48.6 Å². The predicted molar refractivity (Wildman–Crippen MR) is 108 cm³/mol. The molecule has 0 fully saturated rings. The fourth-order valence-corrected chi connectivity index (χ4v) is 3.60. The van der Waals surface area contributed by atoms with E-state index in [0.717, 1.165) is 5.56 Å². The Kier molecular flexibility index (Phi) is 7.84. The zero-order valence-electron chi connectivity index (χ0n) is 16.3. The molecule has 0 aromatic heterocycles. The van der Waals surface area contributed by atoms with Gasteiger partial charge < -0.3 is 9.53 Å². The minimum absolute atomic E-state index is 0.0311. The summed E-state index contributed by atoms with van der Waals surface area (Å²) in [6, 6.07) is 10.2. The van der Waals surface area contributed by atoms with Crippen LogP contribution in [-0.2, 0) is 9.22 Å². The normalized spacial score (nSPS) is 15.6. The summed E-state index contributed by atoms with van der Waals surface area (Å²) in [5.74, 6) is -0.730. The van der Waals surface area contributed by atoms with Gasteiger partial charge in [-0.25, -0.2) is 4.79 Å². The van der Waals surface area contributed by atoms with Gasteiger partial charge in [-0.15, -0.1) is 0 Å². The zero-order chi connectivity index (χ0) is 19.1. The number of hydrogen-bond donors (Lipinski definition) is 1. The van der Waals surface area contributed by atoms with Crippen molar-refractivity contribution in [3.63, 3.8) is 0 Å². The van der Waals surface area contributed by atoms with Crippen molar-refractivity contribution in [3.8, 4) is 0 Å². The number of aliphatic carboxylic acids is 1. The van der Waals surface area contributed by atoms with Crippen LogP contribution in [-0.4, -0.2) is 25.5 Å². The van der Waals surface area contributed by atoms with E-state index in [0.29, 0.717) is 6.42 Å². The van der Waals surface area contributed by atoms with E-state index in [4.69, 9.17) is 9.53 Å². The lowest BCUT2D eigenvalue weighted by atomic mass is 10.00. The molecule has 25 heavy (non-hydrogen) atoms. The molecular formula is C21H32O3Si. The molecule has 2 atom stereocenters. The van der Waals surface area contributed by atoms with Crippen LogP contribution in [0.5, 0.6) is 0 Å². The van der Waals surface area contributed by atoms with Crippen LogP contribution in [0.25, 0.3) is 6.08 Å². The number of benzene rings is 1. The smallest absolute Gasteiger partial charge is 0.327 e. The fraction of sp³-hybridized carbons (Fsp3) is 0.476. The number of rotatable bonds is 8. The lowest BCUT2D eigenvalue weighted by molar-refractivity contribution is -0.131. The van der Waals surface area contributed by atoms with Gasteiger partial charge in [0.05, 0.1) is 6.10 Å². The SMILES string of the molecule is CC(C=Cc1ccccc1)C(CC=CC(=O)O)O[Si](C)(C)C(C)(C)C. The number of carboxylic acid groups (broad SMARTS) is 1. The average Bonchev–Trinajstić information content (AvgIpc) is 2.51. The van der Waals surface area contributed by atoms with Gasteiger partial charge in [0.1, 0.15) is 0 Å². The molecule has 0 aliphatic heterocycles. The van der Waals surface area contributed by atoms with Gasteiger partial charge >= 0.3 is 5.97 Å². The second-order valence-electron chi connectivity index (χ2n) is 8.02. The first-order valence-electron chi connectivity index (χ1n) is 8.83. The van der Waals surface area contributed by atoms with Crippen LogP contribution >= 0.6 is 0 Å². The fourth-order valence-electron chi connectivity index (χ4n) is 2.18. The third-order valence-electron chi connectivity index (χ3n) is 4.86. The molecule has 138 valence electrons. The summed E-state index contributed by atoms with van der Waals surface area (Å²) < 4.78 is 6.58. The van der Waals surface area contributed by atoms with E-state index in [-0.39, 0.29) is 17.1 Å². The van der Waals surface area contributed by atoms with Crippen molar-refractivity contribution in [1.29, 1.82) is 0 Å². The number of carbonyl (C=O) groups is 1. The topological polar surface area (TPSA) is 46.5 Å². The largest absolute Gasteiger partial charge is 0.478 e. The molecule has 0 radical (unpaired) electrons. The highest BCUT2D eigenvalue weighted by atomic mass is 28.4. The molecule has 0 spiro atoms. The third kappa shape index (κ3) is 7.40. The lowest BCUT2D eigenvalue weighted by Gasteiger charge is -2.40. The maximum absolute atomic E-state index is 10.8. The minimum Gasteiger partial charge on any atom is -0.478 e. The van der Waals surface area contributed by atoms with E-state index in [1.807, 2.05) is 18.2 Å². The Morgan fingerprint density at radius 3 is 2.36 bits per heavy atom. The summed E-state index contributed by atoms with van der Waals surface area (Å²) in [5, 5.41) is 8.96. The Bertz CT molecular complexity index is 597. The zero-order valence-corrected chi connectivity index (χ0v) is 17.3. The van der Waals surface area contributed by atoms with Gasteiger partial charge in [0.25, 0.3) is 0 Å². The van der Waals surface area contributed by atoms with Crippen molar-refractivity contribution in [3.05, 3.63) is 54.1 Å². The highest BCUT2D eigenvalue weighted by Gasteiger charge is 2.39. The van der Waals surface area contributed by atoms with Crippen molar-refractivity contribution in [2.75, 3.05) is 0 Å². The summed E-state index contributed by atoms with van der Waals surface area (Å²) in [6.07, 6.45) is 7.73. The molecule has 0 saturated carbocycles. The first kappa shape index (κ1) is 21.4. The molecule has 3 nitrogen and oxygen atoms in total.